The van der Waals surface area contributed by atoms with E-state index in [1.807, 2.05) is 32.0 Å². The summed E-state index contributed by atoms with van der Waals surface area (Å²) in [6, 6.07) is 10.3. The lowest BCUT2D eigenvalue weighted by molar-refractivity contribution is 0.385. The molecule has 1 aromatic rings. The highest BCUT2D eigenvalue weighted by Crippen LogP contribution is 2.22. The highest BCUT2D eigenvalue weighted by molar-refractivity contribution is 5.11. The molecule has 0 amide bonds. The van der Waals surface area contributed by atoms with Crippen LogP contribution >= 0.6 is 0 Å². The lowest BCUT2D eigenvalue weighted by Gasteiger charge is -2.15. The minimum atomic E-state index is 0. The minimum absolute atomic E-state index is 0. The number of hydrogen-bond donors (Lipinski definition) is 0. The number of benzene rings is 1. The number of aryl methyl sites for hydroxylation is 1. The van der Waals surface area contributed by atoms with Crippen molar-refractivity contribution >= 4 is 0 Å². The van der Waals surface area contributed by atoms with E-state index in [4.69, 9.17) is 0 Å². The summed E-state index contributed by atoms with van der Waals surface area (Å²) in [7, 11) is 0. The summed E-state index contributed by atoms with van der Waals surface area (Å²) >= 11 is 0. The molecule has 172 valence electrons. The van der Waals surface area contributed by atoms with Crippen LogP contribution in [-0.2, 0) is 0 Å². The maximum absolute atomic E-state index is 2.36. The Morgan fingerprint density at radius 2 is 1.04 bits per heavy atom. The molecule has 0 atom stereocenters. The van der Waals surface area contributed by atoms with Crippen molar-refractivity contribution in [3.8, 4) is 0 Å². The van der Waals surface area contributed by atoms with Crippen molar-refractivity contribution < 1.29 is 0 Å². The van der Waals surface area contributed by atoms with Crippen molar-refractivity contribution in [2.45, 2.75) is 135 Å². The van der Waals surface area contributed by atoms with Crippen LogP contribution in [0, 0.1) is 18.3 Å². The van der Waals surface area contributed by atoms with Gasteiger partial charge in [-0.3, -0.25) is 0 Å². The van der Waals surface area contributed by atoms with Crippen LogP contribution in [0.25, 0.3) is 0 Å². The van der Waals surface area contributed by atoms with Crippen LogP contribution < -0.4 is 0 Å². The van der Waals surface area contributed by atoms with Gasteiger partial charge in [-0.05, 0) is 18.3 Å². The molecule has 28 heavy (non-hydrogen) atoms. The van der Waals surface area contributed by atoms with Crippen molar-refractivity contribution in [1.82, 2.24) is 0 Å². The van der Waals surface area contributed by atoms with Crippen LogP contribution in [0.3, 0.4) is 0 Å². The third kappa shape index (κ3) is 63.9. The van der Waals surface area contributed by atoms with Crippen molar-refractivity contribution in [2.75, 3.05) is 0 Å². The molecule has 0 bridgehead atoms. The molecule has 0 saturated heterocycles. The maximum atomic E-state index is 2.36. The molecule has 1 aliphatic carbocycles. The van der Waals surface area contributed by atoms with E-state index in [-0.39, 0.29) is 7.43 Å². The summed E-state index contributed by atoms with van der Waals surface area (Å²) in [5.74, 6) is 1.04. The fraction of sp³-hybridized carbons (Fsp3) is 0.786. The maximum Gasteiger partial charge on any atom is -0.0398 e. The zero-order valence-electron chi connectivity index (χ0n) is 21.4. The SMILES string of the molecule is C.CC.CC(C)(C)C.CC1CCCCC1.CCC.CCC.Cc1ccccc1. The summed E-state index contributed by atoms with van der Waals surface area (Å²) in [5.41, 5.74) is 1.82. The number of rotatable bonds is 0. The standard InChI is InChI=1S/C7H14.C7H8.C5H12.2C3H8.C2H6.CH4/c2*1-7-5-3-2-4-6-7;1-5(2,3)4;2*1-3-2;1-2;/h7H,2-6H2,1H3;2-6H,1H3;1-4H3;2*3H2,1-2H3;1-2H3;1H4. The first kappa shape index (κ1) is 37.9. The Balaban J connectivity index is -0.0000000797. The molecule has 2 rings (SSSR count). The van der Waals surface area contributed by atoms with Gasteiger partial charge in [0.1, 0.15) is 0 Å². The van der Waals surface area contributed by atoms with E-state index in [9.17, 15) is 0 Å². The van der Waals surface area contributed by atoms with Gasteiger partial charge >= 0.3 is 0 Å². The van der Waals surface area contributed by atoms with Crippen LogP contribution in [0.15, 0.2) is 30.3 Å². The summed E-state index contributed by atoms with van der Waals surface area (Å²) in [6.07, 6.45) is 9.94. The van der Waals surface area contributed by atoms with Gasteiger partial charge in [-0.1, -0.05) is 164 Å². The first-order valence-electron chi connectivity index (χ1n) is 11.6. The molecular weight excluding hydrogens is 336 g/mol. The molecule has 0 aliphatic heterocycles. The minimum Gasteiger partial charge on any atom is -0.0776 e. The van der Waals surface area contributed by atoms with Crippen LogP contribution in [-0.4, -0.2) is 0 Å². The van der Waals surface area contributed by atoms with Crippen molar-refractivity contribution in [2.24, 2.45) is 11.3 Å². The predicted octanol–water partition coefficient (Wildman–Crippen LogP) is 11.1. The molecule has 0 spiro atoms. The zero-order chi connectivity index (χ0) is 22.1. The average molecular weight is 397 g/mol. The fourth-order valence-electron chi connectivity index (χ4n) is 1.84. The summed E-state index contributed by atoms with van der Waals surface area (Å²) in [4.78, 5) is 0. The van der Waals surface area contributed by atoms with Gasteiger partial charge in [-0.15, -0.1) is 0 Å². The molecule has 0 aromatic heterocycles. The molecule has 1 saturated carbocycles. The molecule has 1 aromatic carbocycles. The second-order valence-corrected chi connectivity index (χ2v) is 8.81. The Bertz CT molecular complexity index is 304. The van der Waals surface area contributed by atoms with Crippen molar-refractivity contribution in [3.63, 3.8) is 0 Å². The van der Waals surface area contributed by atoms with E-state index in [2.05, 4.69) is 81.4 Å². The van der Waals surface area contributed by atoms with Crippen LogP contribution in [0.4, 0.5) is 0 Å². The van der Waals surface area contributed by atoms with Gasteiger partial charge in [0.15, 0.2) is 0 Å². The zero-order valence-corrected chi connectivity index (χ0v) is 21.4. The second-order valence-electron chi connectivity index (χ2n) is 8.81. The average Bonchev–Trinajstić information content (AvgIpc) is 2.59. The Morgan fingerprint density at radius 1 is 0.750 bits per heavy atom. The van der Waals surface area contributed by atoms with Gasteiger partial charge in [0.05, 0.1) is 0 Å². The second kappa shape index (κ2) is 30.9. The summed E-state index contributed by atoms with van der Waals surface area (Å²) in [6.45, 7) is 25.7. The van der Waals surface area contributed by atoms with Gasteiger partial charge in [0, 0.05) is 0 Å². The largest absolute Gasteiger partial charge is 0.0776 e. The number of hydrogen-bond acceptors (Lipinski definition) is 0. The fourth-order valence-corrected chi connectivity index (χ4v) is 1.84. The quantitative estimate of drug-likeness (QED) is 0.409. The van der Waals surface area contributed by atoms with Crippen LogP contribution in [0.1, 0.15) is 134 Å². The predicted molar refractivity (Wildman–Crippen MR) is 139 cm³/mol. The Morgan fingerprint density at radius 3 is 1.18 bits per heavy atom. The van der Waals surface area contributed by atoms with E-state index >= 15 is 0 Å². The molecule has 0 unspecified atom stereocenters. The molecule has 0 heterocycles. The van der Waals surface area contributed by atoms with E-state index in [0.29, 0.717) is 5.41 Å². The Kier molecular flexibility index (Phi) is 41.9. The Hall–Kier alpha value is -0.780. The highest BCUT2D eigenvalue weighted by atomic mass is 14.1. The van der Waals surface area contributed by atoms with E-state index in [1.54, 1.807) is 0 Å². The third-order valence-corrected chi connectivity index (χ3v) is 2.83. The van der Waals surface area contributed by atoms with Gasteiger partial charge in [-0.25, -0.2) is 0 Å². The smallest absolute Gasteiger partial charge is 0.0398 e. The first-order valence-corrected chi connectivity index (χ1v) is 11.6. The van der Waals surface area contributed by atoms with E-state index in [1.165, 1.54) is 50.5 Å². The van der Waals surface area contributed by atoms with Crippen LogP contribution in [0.2, 0.25) is 0 Å². The molecular formula is C28H60. The molecule has 0 N–H and O–H groups in total. The topological polar surface area (TPSA) is 0 Å². The van der Waals surface area contributed by atoms with E-state index in [0.717, 1.165) is 5.92 Å². The molecule has 1 aliphatic rings. The van der Waals surface area contributed by atoms with Crippen molar-refractivity contribution in [3.05, 3.63) is 35.9 Å². The summed E-state index contributed by atoms with van der Waals surface area (Å²) < 4.78 is 0. The lowest BCUT2D eigenvalue weighted by Crippen LogP contribution is -1.99. The first-order chi connectivity index (χ1) is 12.6. The van der Waals surface area contributed by atoms with Crippen molar-refractivity contribution in [1.29, 1.82) is 0 Å². The molecule has 1 fully saturated rings. The molecule has 0 nitrogen and oxygen atoms in total. The lowest BCUT2D eigenvalue weighted by atomic mass is 9.91. The van der Waals surface area contributed by atoms with Gasteiger partial charge in [0.2, 0.25) is 0 Å². The monoisotopic (exact) mass is 396 g/mol. The van der Waals surface area contributed by atoms with Crippen LogP contribution in [0.5, 0.6) is 0 Å². The van der Waals surface area contributed by atoms with Gasteiger partial charge < -0.3 is 0 Å². The van der Waals surface area contributed by atoms with Gasteiger partial charge in [0.25, 0.3) is 0 Å². The normalized spacial score (nSPS) is 12.1. The van der Waals surface area contributed by atoms with Gasteiger partial charge in [-0.2, -0.15) is 0 Å². The molecule has 0 radical (unpaired) electrons. The Labute approximate surface area is 182 Å². The third-order valence-electron chi connectivity index (χ3n) is 2.83. The highest BCUT2D eigenvalue weighted by Gasteiger charge is 2.05. The molecule has 0 heteroatoms. The van der Waals surface area contributed by atoms with E-state index < -0.39 is 0 Å². The summed E-state index contributed by atoms with van der Waals surface area (Å²) in [5, 5.41) is 0.